The highest BCUT2D eigenvalue weighted by Crippen LogP contribution is 2.36. The molecular formula is C15H13BrCl2N4. The van der Waals surface area contributed by atoms with Crippen LogP contribution in [0.3, 0.4) is 0 Å². The molecule has 0 radical (unpaired) electrons. The third kappa shape index (κ3) is 3.37. The SMILES string of the molecule is Clc1cc(Cl)c2c(Br)cnc(NCCCn3ccnc3)c2c1. The Morgan fingerprint density at radius 3 is 2.91 bits per heavy atom. The Bertz CT molecular complexity index is 790. The van der Waals surface area contributed by atoms with Gasteiger partial charge >= 0.3 is 0 Å². The molecule has 0 spiro atoms. The van der Waals surface area contributed by atoms with Crippen LogP contribution in [0.25, 0.3) is 10.8 Å². The third-order valence-electron chi connectivity index (χ3n) is 3.30. The van der Waals surface area contributed by atoms with Crippen molar-refractivity contribution in [2.24, 2.45) is 0 Å². The Kier molecular flexibility index (Phi) is 4.86. The minimum absolute atomic E-state index is 0.596. The monoisotopic (exact) mass is 398 g/mol. The summed E-state index contributed by atoms with van der Waals surface area (Å²) in [4.78, 5) is 8.45. The second-order valence-electron chi connectivity index (χ2n) is 4.85. The van der Waals surface area contributed by atoms with Crippen LogP contribution in [0.1, 0.15) is 6.42 Å². The normalized spacial score (nSPS) is 11.0. The number of nitrogens with zero attached hydrogens (tertiary/aromatic N) is 3. The van der Waals surface area contributed by atoms with E-state index in [0.29, 0.717) is 10.0 Å². The number of hydrogen-bond acceptors (Lipinski definition) is 3. The average molecular weight is 400 g/mol. The number of benzene rings is 1. The number of anilines is 1. The van der Waals surface area contributed by atoms with Gasteiger partial charge < -0.3 is 9.88 Å². The Morgan fingerprint density at radius 2 is 2.14 bits per heavy atom. The Labute approximate surface area is 146 Å². The largest absolute Gasteiger partial charge is 0.369 e. The minimum atomic E-state index is 0.596. The Morgan fingerprint density at radius 1 is 1.27 bits per heavy atom. The van der Waals surface area contributed by atoms with Gasteiger partial charge in [-0.25, -0.2) is 9.97 Å². The molecule has 1 N–H and O–H groups in total. The predicted molar refractivity (Wildman–Crippen MR) is 94.8 cm³/mol. The summed E-state index contributed by atoms with van der Waals surface area (Å²) in [6, 6.07) is 3.61. The molecule has 0 aliphatic carbocycles. The quantitative estimate of drug-likeness (QED) is 0.613. The van der Waals surface area contributed by atoms with Crippen molar-refractivity contribution in [3.05, 3.63) is 51.6 Å². The number of rotatable bonds is 5. The average Bonchev–Trinajstić information content (AvgIpc) is 2.98. The van der Waals surface area contributed by atoms with Crippen LogP contribution < -0.4 is 5.32 Å². The molecule has 4 nitrogen and oxygen atoms in total. The highest BCUT2D eigenvalue weighted by molar-refractivity contribution is 9.10. The van der Waals surface area contributed by atoms with E-state index in [1.54, 1.807) is 18.5 Å². The van der Waals surface area contributed by atoms with Crippen LogP contribution >= 0.6 is 39.1 Å². The second kappa shape index (κ2) is 6.86. The van der Waals surface area contributed by atoms with E-state index in [1.165, 1.54) is 0 Å². The van der Waals surface area contributed by atoms with Crippen molar-refractivity contribution in [2.75, 3.05) is 11.9 Å². The maximum Gasteiger partial charge on any atom is 0.134 e. The van der Waals surface area contributed by atoms with Crippen molar-refractivity contribution in [3.8, 4) is 0 Å². The number of aryl methyl sites for hydroxylation is 1. The van der Waals surface area contributed by atoms with Crippen LogP contribution in [0.5, 0.6) is 0 Å². The molecule has 1 aromatic carbocycles. The van der Waals surface area contributed by atoms with Crippen LogP contribution in [-0.4, -0.2) is 21.1 Å². The van der Waals surface area contributed by atoms with Crippen molar-refractivity contribution < 1.29 is 0 Å². The van der Waals surface area contributed by atoms with E-state index in [2.05, 4.69) is 31.2 Å². The first kappa shape index (κ1) is 15.6. The van der Waals surface area contributed by atoms with Gasteiger partial charge in [0.25, 0.3) is 0 Å². The van der Waals surface area contributed by atoms with Gasteiger partial charge in [-0.3, -0.25) is 0 Å². The second-order valence-corrected chi connectivity index (χ2v) is 6.54. The van der Waals surface area contributed by atoms with Crippen molar-refractivity contribution in [1.82, 2.24) is 14.5 Å². The highest BCUT2D eigenvalue weighted by Gasteiger charge is 2.10. The number of hydrogen-bond donors (Lipinski definition) is 1. The molecule has 22 heavy (non-hydrogen) atoms. The van der Waals surface area contributed by atoms with Crippen LogP contribution in [0.15, 0.2) is 41.5 Å². The Balaban J connectivity index is 1.77. The molecule has 0 amide bonds. The summed E-state index contributed by atoms with van der Waals surface area (Å²) < 4.78 is 2.90. The van der Waals surface area contributed by atoms with E-state index in [9.17, 15) is 0 Å². The lowest BCUT2D eigenvalue weighted by Crippen LogP contribution is -2.07. The molecule has 114 valence electrons. The van der Waals surface area contributed by atoms with Gasteiger partial charge in [0, 0.05) is 51.9 Å². The van der Waals surface area contributed by atoms with Crippen LogP contribution in [0.4, 0.5) is 5.82 Å². The lowest BCUT2D eigenvalue weighted by Gasteiger charge is -2.11. The number of halogens is 3. The van der Waals surface area contributed by atoms with Gasteiger partial charge in [-0.2, -0.15) is 0 Å². The first-order valence-corrected chi connectivity index (χ1v) is 8.33. The van der Waals surface area contributed by atoms with E-state index in [1.807, 2.05) is 23.2 Å². The summed E-state index contributed by atoms with van der Waals surface area (Å²) in [5.41, 5.74) is 0. The standard InChI is InChI=1S/C15H13BrCl2N4/c16-12-8-21-15(11-6-10(17)7-13(18)14(11)12)20-2-1-4-22-5-3-19-9-22/h3,5-9H,1-2,4H2,(H,20,21). The highest BCUT2D eigenvalue weighted by atomic mass is 79.9. The van der Waals surface area contributed by atoms with Gasteiger partial charge in [-0.1, -0.05) is 23.2 Å². The molecular weight excluding hydrogens is 387 g/mol. The molecule has 0 unspecified atom stereocenters. The van der Waals surface area contributed by atoms with Gasteiger partial charge in [0.05, 0.1) is 11.3 Å². The maximum atomic E-state index is 6.29. The van der Waals surface area contributed by atoms with Gasteiger partial charge in [-0.15, -0.1) is 0 Å². The van der Waals surface area contributed by atoms with Crippen molar-refractivity contribution >= 4 is 55.7 Å². The molecule has 0 atom stereocenters. The molecule has 2 heterocycles. The zero-order valence-corrected chi connectivity index (χ0v) is 14.7. The maximum absolute atomic E-state index is 6.29. The van der Waals surface area contributed by atoms with E-state index in [0.717, 1.165) is 40.6 Å². The van der Waals surface area contributed by atoms with Gasteiger partial charge in [0.2, 0.25) is 0 Å². The lowest BCUT2D eigenvalue weighted by atomic mass is 10.1. The smallest absolute Gasteiger partial charge is 0.134 e. The van der Waals surface area contributed by atoms with Crippen LogP contribution in [0.2, 0.25) is 10.0 Å². The molecule has 0 saturated heterocycles. The van der Waals surface area contributed by atoms with Gasteiger partial charge in [0.15, 0.2) is 0 Å². The number of pyridine rings is 1. The van der Waals surface area contributed by atoms with Gasteiger partial charge in [0.1, 0.15) is 5.82 Å². The summed E-state index contributed by atoms with van der Waals surface area (Å²) in [5, 5.41) is 6.38. The number of imidazole rings is 1. The third-order valence-corrected chi connectivity index (χ3v) is 4.42. The first-order chi connectivity index (χ1) is 10.6. The molecule has 0 fully saturated rings. The zero-order valence-electron chi connectivity index (χ0n) is 11.6. The molecule has 3 rings (SSSR count). The molecule has 0 bridgehead atoms. The molecule has 7 heteroatoms. The fraction of sp³-hybridized carbons (Fsp3) is 0.200. The zero-order chi connectivity index (χ0) is 15.5. The lowest BCUT2D eigenvalue weighted by molar-refractivity contribution is 0.660. The molecule has 3 aromatic rings. The number of aromatic nitrogens is 3. The topological polar surface area (TPSA) is 42.7 Å². The fourth-order valence-corrected chi connectivity index (χ4v) is 3.53. The summed E-state index contributed by atoms with van der Waals surface area (Å²) in [6.45, 7) is 1.70. The fourth-order valence-electron chi connectivity index (χ4n) is 2.29. The van der Waals surface area contributed by atoms with E-state index in [4.69, 9.17) is 23.2 Å². The van der Waals surface area contributed by atoms with Crippen LogP contribution in [0, 0.1) is 0 Å². The summed E-state index contributed by atoms with van der Waals surface area (Å²) >= 11 is 15.9. The van der Waals surface area contributed by atoms with Crippen molar-refractivity contribution in [2.45, 2.75) is 13.0 Å². The van der Waals surface area contributed by atoms with E-state index < -0.39 is 0 Å². The van der Waals surface area contributed by atoms with Crippen molar-refractivity contribution in [3.63, 3.8) is 0 Å². The predicted octanol–water partition coefficient (Wildman–Crippen LogP) is 5.00. The first-order valence-electron chi connectivity index (χ1n) is 6.78. The molecule has 0 saturated carbocycles. The van der Waals surface area contributed by atoms with E-state index in [-0.39, 0.29) is 0 Å². The van der Waals surface area contributed by atoms with E-state index >= 15 is 0 Å². The van der Waals surface area contributed by atoms with Crippen LogP contribution in [-0.2, 0) is 6.54 Å². The molecule has 2 aromatic heterocycles. The molecule has 0 aliphatic rings. The summed E-state index contributed by atoms with van der Waals surface area (Å²) in [5.74, 6) is 0.785. The van der Waals surface area contributed by atoms with Gasteiger partial charge in [-0.05, 0) is 34.5 Å². The summed E-state index contributed by atoms with van der Waals surface area (Å²) in [6.07, 6.45) is 8.26. The van der Waals surface area contributed by atoms with Crippen molar-refractivity contribution in [1.29, 1.82) is 0 Å². The number of nitrogens with one attached hydrogen (secondary N) is 1. The number of fused-ring (bicyclic) bond motifs is 1. The summed E-state index contributed by atoms with van der Waals surface area (Å²) in [7, 11) is 0. The minimum Gasteiger partial charge on any atom is -0.369 e. The Hall–Kier alpha value is -1.30. The molecule has 0 aliphatic heterocycles.